The third-order valence-corrected chi connectivity index (χ3v) is 3.89. The van der Waals surface area contributed by atoms with Gasteiger partial charge >= 0.3 is 0 Å². The maximum atomic E-state index is 5.90. The Kier molecular flexibility index (Phi) is 5.02. The van der Waals surface area contributed by atoms with Crippen LogP contribution in [0.25, 0.3) is 0 Å². The van der Waals surface area contributed by atoms with E-state index in [1.807, 2.05) is 7.05 Å². The van der Waals surface area contributed by atoms with Crippen molar-refractivity contribution in [3.8, 4) is 0 Å². The Morgan fingerprint density at radius 2 is 2.32 bits per heavy atom. The fourth-order valence-electron chi connectivity index (χ4n) is 2.95. The molecule has 1 fully saturated rings. The molecular formula is C15H27N3O. The molecule has 1 saturated heterocycles. The molecule has 0 bridgehead atoms. The molecule has 1 N–H and O–H groups in total. The average Bonchev–Trinajstić information content (AvgIpc) is 2.87. The molecule has 0 saturated carbocycles. The van der Waals surface area contributed by atoms with Gasteiger partial charge in [0, 0.05) is 13.1 Å². The number of aryl methyl sites for hydroxylation is 1. The van der Waals surface area contributed by atoms with Crippen LogP contribution in [0.1, 0.15) is 23.5 Å². The largest absolute Gasteiger partial charge is 0.463 e. The lowest BCUT2D eigenvalue weighted by atomic mass is 10.1. The predicted molar refractivity (Wildman–Crippen MR) is 78.1 cm³/mol. The van der Waals surface area contributed by atoms with Crippen LogP contribution >= 0.6 is 0 Å². The Balaban J connectivity index is 1.84. The summed E-state index contributed by atoms with van der Waals surface area (Å²) in [7, 11) is 6.35. The van der Waals surface area contributed by atoms with E-state index in [0.717, 1.165) is 37.1 Å². The number of nitrogens with zero attached hydrogens (tertiary/aromatic N) is 2. The number of nitrogens with one attached hydrogen (secondary N) is 1. The van der Waals surface area contributed by atoms with Crippen LogP contribution in [0.4, 0.5) is 0 Å². The fraction of sp³-hybridized carbons (Fsp3) is 0.733. The van der Waals surface area contributed by atoms with Crippen LogP contribution < -0.4 is 5.32 Å². The second-order valence-corrected chi connectivity index (χ2v) is 5.96. The van der Waals surface area contributed by atoms with E-state index in [1.165, 1.54) is 25.1 Å². The topological polar surface area (TPSA) is 31.7 Å². The van der Waals surface area contributed by atoms with Gasteiger partial charge in [0.1, 0.15) is 11.5 Å². The van der Waals surface area contributed by atoms with Gasteiger partial charge in [0.15, 0.2) is 0 Å². The summed E-state index contributed by atoms with van der Waals surface area (Å²) in [6.45, 7) is 7.46. The van der Waals surface area contributed by atoms with Crippen molar-refractivity contribution in [2.45, 2.75) is 26.4 Å². The Hall–Kier alpha value is -0.840. The molecule has 1 atom stereocenters. The van der Waals surface area contributed by atoms with E-state index in [2.05, 4.69) is 42.2 Å². The van der Waals surface area contributed by atoms with Crippen molar-refractivity contribution >= 4 is 0 Å². The highest BCUT2D eigenvalue weighted by atomic mass is 16.3. The van der Waals surface area contributed by atoms with Crippen LogP contribution in [0.2, 0.25) is 0 Å². The van der Waals surface area contributed by atoms with Crippen LogP contribution in [0.15, 0.2) is 10.5 Å². The normalized spacial score (nSPS) is 20.6. The summed E-state index contributed by atoms with van der Waals surface area (Å²) < 4.78 is 5.90. The molecule has 1 unspecified atom stereocenters. The molecule has 1 aliphatic heterocycles. The van der Waals surface area contributed by atoms with Crippen molar-refractivity contribution in [1.82, 2.24) is 15.1 Å². The zero-order chi connectivity index (χ0) is 13.8. The molecule has 1 aromatic heterocycles. The number of likely N-dealkylation sites (tertiary alicyclic amines) is 1. The Labute approximate surface area is 116 Å². The van der Waals surface area contributed by atoms with Crippen molar-refractivity contribution < 1.29 is 4.42 Å². The first-order valence-corrected chi connectivity index (χ1v) is 7.18. The van der Waals surface area contributed by atoms with Crippen molar-refractivity contribution in [1.29, 1.82) is 0 Å². The first-order chi connectivity index (χ1) is 9.08. The Morgan fingerprint density at radius 1 is 1.53 bits per heavy atom. The van der Waals surface area contributed by atoms with Gasteiger partial charge in [-0.05, 0) is 58.6 Å². The summed E-state index contributed by atoms with van der Waals surface area (Å²) >= 11 is 0. The minimum atomic E-state index is 0.808. The SMILES string of the molecule is CNCc1oc(CN(C)CC2CCN(C)C2)cc1C. The lowest BCUT2D eigenvalue weighted by Gasteiger charge is -2.19. The molecule has 19 heavy (non-hydrogen) atoms. The highest BCUT2D eigenvalue weighted by molar-refractivity contribution is 5.19. The Morgan fingerprint density at radius 3 is 2.95 bits per heavy atom. The minimum absolute atomic E-state index is 0.808. The predicted octanol–water partition coefficient (Wildman–Crippen LogP) is 1.69. The molecule has 2 rings (SSSR count). The van der Waals surface area contributed by atoms with Gasteiger partial charge in [0.2, 0.25) is 0 Å². The van der Waals surface area contributed by atoms with Crippen LogP contribution in [0.3, 0.4) is 0 Å². The van der Waals surface area contributed by atoms with Gasteiger partial charge in [0.25, 0.3) is 0 Å². The van der Waals surface area contributed by atoms with E-state index in [-0.39, 0.29) is 0 Å². The van der Waals surface area contributed by atoms with Crippen LogP contribution in [0, 0.1) is 12.8 Å². The molecule has 1 aliphatic rings. The van der Waals surface area contributed by atoms with Gasteiger partial charge in [-0.3, -0.25) is 4.90 Å². The van der Waals surface area contributed by atoms with Gasteiger partial charge in [-0.2, -0.15) is 0 Å². The summed E-state index contributed by atoms with van der Waals surface area (Å²) in [5, 5.41) is 3.14. The number of furan rings is 1. The number of rotatable bonds is 6. The average molecular weight is 265 g/mol. The van der Waals surface area contributed by atoms with Crippen molar-refractivity contribution in [3.63, 3.8) is 0 Å². The third kappa shape index (κ3) is 4.06. The van der Waals surface area contributed by atoms with Crippen molar-refractivity contribution in [3.05, 3.63) is 23.2 Å². The monoisotopic (exact) mass is 265 g/mol. The van der Waals surface area contributed by atoms with Crippen LogP contribution in [-0.2, 0) is 13.1 Å². The van der Waals surface area contributed by atoms with Crippen LogP contribution in [-0.4, -0.2) is 50.6 Å². The lowest BCUT2D eigenvalue weighted by molar-refractivity contribution is 0.246. The van der Waals surface area contributed by atoms with Gasteiger partial charge in [0.05, 0.1) is 13.1 Å². The molecule has 108 valence electrons. The zero-order valence-electron chi connectivity index (χ0n) is 12.7. The van der Waals surface area contributed by atoms with Crippen molar-refractivity contribution in [2.24, 2.45) is 5.92 Å². The molecule has 0 spiro atoms. The second-order valence-electron chi connectivity index (χ2n) is 5.96. The summed E-state index contributed by atoms with van der Waals surface area (Å²) in [6.07, 6.45) is 1.32. The van der Waals surface area contributed by atoms with Crippen molar-refractivity contribution in [2.75, 3.05) is 40.8 Å². The standard InChI is InChI=1S/C15H27N3O/c1-12-7-14(19-15(12)8-16-2)11-18(4)10-13-5-6-17(3)9-13/h7,13,16H,5-6,8-11H2,1-4H3. The molecule has 2 heterocycles. The highest BCUT2D eigenvalue weighted by Crippen LogP contribution is 2.19. The van der Waals surface area contributed by atoms with E-state index in [0.29, 0.717) is 0 Å². The van der Waals surface area contributed by atoms with E-state index < -0.39 is 0 Å². The van der Waals surface area contributed by atoms with Gasteiger partial charge in [-0.1, -0.05) is 0 Å². The number of hydrogen-bond donors (Lipinski definition) is 1. The Bertz CT molecular complexity index is 402. The maximum absolute atomic E-state index is 5.90. The molecule has 0 radical (unpaired) electrons. The summed E-state index contributed by atoms with van der Waals surface area (Å²) in [5.74, 6) is 2.95. The molecule has 4 nitrogen and oxygen atoms in total. The molecule has 0 amide bonds. The molecule has 0 aliphatic carbocycles. The quantitative estimate of drug-likeness (QED) is 0.848. The van der Waals surface area contributed by atoms with E-state index >= 15 is 0 Å². The molecule has 4 heteroatoms. The van der Waals surface area contributed by atoms with E-state index in [1.54, 1.807) is 0 Å². The third-order valence-electron chi connectivity index (χ3n) is 3.89. The van der Waals surface area contributed by atoms with Crippen LogP contribution in [0.5, 0.6) is 0 Å². The maximum Gasteiger partial charge on any atom is 0.120 e. The number of hydrogen-bond acceptors (Lipinski definition) is 4. The molecule has 1 aromatic rings. The highest BCUT2D eigenvalue weighted by Gasteiger charge is 2.21. The van der Waals surface area contributed by atoms with E-state index in [9.17, 15) is 0 Å². The molecular weight excluding hydrogens is 238 g/mol. The smallest absolute Gasteiger partial charge is 0.120 e. The zero-order valence-corrected chi connectivity index (χ0v) is 12.7. The van der Waals surface area contributed by atoms with Gasteiger partial charge in [-0.25, -0.2) is 0 Å². The summed E-state index contributed by atoms with van der Waals surface area (Å²) in [6, 6.07) is 2.17. The molecule has 0 aromatic carbocycles. The summed E-state index contributed by atoms with van der Waals surface area (Å²) in [4.78, 5) is 4.80. The second kappa shape index (κ2) is 6.55. The minimum Gasteiger partial charge on any atom is -0.463 e. The van der Waals surface area contributed by atoms with Gasteiger partial charge < -0.3 is 14.6 Å². The van der Waals surface area contributed by atoms with E-state index in [4.69, 9.17) is 4.42 Å². The first-order valence-electron chi connectivity index (χ1n) is 7.18. The lowest BCUT2D eigenvalue weighted by Crippen LogP contribution is -2.26. The summed E-state index contributed by atoms with van der Waals surface area (Å²) in [5.41, 5.74) is 1.25. The fourth-order valence-corrected chi connectivity index (χ4v) is 2.95. The first kappa shape index (κ1) is 14.6. The van der Waals surface area contributed by atoms with Gasteiger partial charge in [-0.15, -0.1) is 0 Å².